The van der Waals surface area contributed by atoms with E-state index >= 15 is 0 Å². The summed E-state index contributed by atoms with van der Waals surface area (Å²) in [7, 11) is 0. The van der Waals surface area contributed by atoms with Crippen LogP contribution >= 0.6 is 0 Å². The maximum atomic E-state index is 11.5. The van der Waals surface area contributed by atoms with Crippen molar-refractivity contribution in [3.05, 3.63) is 35.4 Å². The molecule has 2 heteroatoms. The van der Waals surface area contributed by atoms with Gasteiger partial charge in [-0.3, -0.25) is 0 Å². The summed E-state index contributed by atoms with van der Waals surface area (Å²) in [4.78, 5) is 0. The van der Waals surface area contributed by atoms with Gasteiger partial charge < -0.3 is 10.8 Å². The number of benzene rings is 1. The van der Waals surface area contributed by atoms with E-state index in [1.807, 2.05) is 0 Å². The average molecular weight is 456 g/mol. The van der Waals surface area contributed by atoms with Crippen LogP contribution in [0.5, 0.6) is 0 Å². The Morgan fingerprint density at radius 3 is 1.24 bits per heavy atom. The highest BCUT2D eigenvalue weighted by Gasteiger charge is 2.29. The zero-order chi connectivity index (χ0) is 23.2. The summed E-state index contributed by atoms with van der Waals surface area (Å²) in [5.41, 5.74) is 8.98. The number of nitrogens with two attached hydrogens (primary N) is 1. The number of hydrogen-bond donors (Lipinski definition) is 2. The lowest BCUT2D eigenvalue weighted by Crippen LogP contribution is -2.37. The number of hydrogen-bond acceptors (Lipinski definition) is 2. The van der Waals surface area contributed by atoms with Crippen LogP contribution in [0.4, 0.5) is 0 Å². The fraction of sp³-hybridized carbons (Fsp3) is 0.806. The second-order valence-corrected chi connectivity index (χ2v) is 11.6. The van der Waals surface area contributed by atoms with E-state index in [4.69, 9.17) is 5.73 Å². The quantitative estimate of drug-likeness (QED) is 0.478. The molecule has 0 atom stereocenters. The number of aliphatic hydroxyl groups is 1. The summed E-state index contributed by atoms with van der Waals surface area (Å²) in [5, 5.41) is 11.5. The third-order valence-electron chi connectivity index (χ3n) is 8.59. The Bertz CT molecular complexity index is 611. The Hall–Kier alpha value is -0.860. The maximum Gasteiger partial charge on any atom is 0.0688 e. The minimum Gasteiger partial charge on any atom is -0.390 e. The summed E-state index contributed by atoms with van der Waals surface area (Å²) in [6.45, 7) is 0. The smallest absolute Gasteiger partial charge is 0.0688 e. The van der Waals surface area contributed by atoms with Crippen molar-refractivity contribution in [2.24, 2.45) is 5.73 Å². The fourth-order valence-electron chi connectivity index (χ4n) is 6.31. The predicted molar refractivity (Wildman–Crippen MR) is 143 cm³/mol. The van der Waals surface area contributed by atoms with Gasteiger partial charge in [-0.2, -0.15) is 0 Å². The van der Waals surface area contributed by atoms with Crippen LogP contribution < -0.4 is 5.73 Å². The molecule has 188 valence electrons. The molecule has 2 saturated carbocycles. The molecular formula is C31H53NO. The van der Waals surface area contributed by atoms with Gasteiger partial charge in [-0.25, -0.2) is 0 Å². The molecule has 0 heterocycles. The van der Waals surface area contributed by atoms with E-state index in [1.54, 1.807) is 0 Å². The third-order valence-corrected chi connectivity index (χ3v) is 8.59. The second-order valence-electron chi connectivity index (χ2n) is 11.6. The maximum absolute atomic E-state index is 11.5. The van der Waals surface area contributed by atoms with Gasteiger partial charge in [0.05, 0.1) is 5.60 Å². The van der Waals surface area contributed by atoms with Crippen molar-refractivity contribution in [3.63, 3.8) is 0 Å². The first kappa shape index (κ1) is 26.7. The lowest BCUT2D eigenvalue weighted by Gasteiger charge is -2.32. The minimum atomic E-state index is -0.530. The van der Waals surface area contributed by atoms with Gasteiger partial charge in [0, 0.05) is 12.0 Å². The molecule has 0 saturated heterocycles. The minimum absolute atomic E-state index is 0.182. The molecule has 2 aliphatic rings. The summed E-state index contributed by atoms with van der Waals surface area (Å²) in [6.07, 6.45) is 28.7. The Kier molecular flexibility index (Phi) is 11.8. The van der Waals surface area contributed by atoms with Gasteiger partial charge in [0.2, 0.25) is 0 Å². The molecule has 2 aliphatic carbocycles. The van der Waals surface area contributed by atoms with Crippen LogP contribution in [0.25, 0.3) is 0 Å². The zero-order valence-electron chi connectivity index (χ0n) is 21.6. The van der Waals surface area contributed by atoms with Crippen molar-refractivity contribution in [2.45, 2.75) is 159 Å². The Morgan fingerprint density at radius 2 is 0.848 bits per heavy atom. The van der Waals surface area contributed by atoms with E-state index < -0.39 is 5.60 Å². The van der Waals surface area contributed by atoms with Crippen LogP contribution in [0, 0.1) is 0 Å². The van der Waals surface area contributed by atoms with E-state index in [0.29, 0.717) is 0 Å². The molecule has 0 unspecified atom stereocenters. The zero-order valence-corrected chi connectivity index (χ0v) is 21.6. The molecule has 0 radical (unpaired) electrons. The molecule has 33 heavy (non-hydrogen) atoms. The molecule has 3 N–H and O–H groups in total. The van der Waals surface area contributed by atoms with Crippen LogP contribution in [-0.4, -0.2) is 10.7 Å². The van der Waals surface area contributed by atoms with Crippen molar-refractivity contribution in [1.29, 1.82) is 0 Å². The summed E-state index contributed by atoms with van der Waals surface area (Å²) in [5.74, 6) is 0. The van der Waals surface area contributed by atoms with Gasteiger partial charge >= 0.3 is 0 Å². The molecule has 0 aromatic heterocycles. The van der Waals surface area contributed by atoms with Crippen molar-refractivity contribution in [3.8, 4) is 0 Å². The Labute approximate surface area is 205 Å². The van der Waals surface area contributed by atoms with Crippen LogP contribution in [0.2, 0.25) is 0 Å². The molecule has 1 aromatic rings. The van der Waals surface area contributed by atoms with E-state index in [-0.39, 0.29) is 5.54 Å². The van der Waals surface area contributed by atoms with Crippen molar-refractivity contribution < 1.29 is 5.11 Å². The first-order valence-corrected chi connectivity index (χ1v) is 14.7. The van der Waals surface area contributed by atoms with E-state index in [2.05, 4.69) is 24.3 Å². The van der Waals surface area contributed by atoms with Gasteiger partial charge in [-0.1, -0.05) is 140 Å². The molecular weight excluding hydrogens is 402 g/mol. The average Bonchev–Trinajstić information content (AvgIpc) is 2.83. The third kappa shape index (κ3) is 9.73. The standard InChI is InChI=1S/C31H53NO/c32-31(25-17-13-9-3-1-2-4-10-14-18-26-31)29-21-19-28(20-22-29)27-30(33)23-15-11-7-5-6-8-12-16-24-30/h19-22,33H,1-18,23-27,32H2. The predicted octanol–water partition coefficient (Wildman–Crippen LogP) is 8.72. The SMILES string of the molecule is NC1(c2ccc(CC3(O)CCCCCCCCCC3)cc2)CCCCCCCCCCCC1. The second kappa shape index (κ2) is 14.5. The fourth-order valence-corrected chi connectivity index (χ4v) is 6.31. The van der Waals surface area contributed by atoms with Gasteiger partial charge in [0.15, 0.2) is 0 Å². The van der Waals surface area contributed by atoms with Crippen molar-refractivity contribution in [2.75, 3.05) is 0 Å². The Balaban J connectivity index is 1.62. The molecule has 0 bridgehead atoms. The van der Waals surface area contributed by atoms with Gasteiger partial charge in [0.25, 0.3) is 0 Å². The first-order valence-electron chi connectivity index (χ1n) is 14.7. The Morgan fingerprint density at radius 1 is 0.515 bits per heavy atom. The van der Waals surface area contributed by atoms with Crippen LogP contribution in [0.3, 0.4) is 0 Å². The summed E-state index contributed by atoms with van der Waals surface area (Å²) in [6, 6.07) is 9.13. The molecule has 0 spiro atoms. The normalized spacial score (nSPS) is 24.4. The van der Waals surface area contributed by atoms with Crippen LogP contribution in [-0.2, 0) is 12.0 Å². The summed E-state index contributed by atoms with van der Waals surface area (Å²) >= 11 is 0. The molecule has 0 aliphatic heterocycles. The van der Waals surface area contributed by atoms with Gasteiger partial charge in [-0.05, 0) is 36.8 Å². The monoisotopic (exact) mass is 455 g/mol. The highest BCUT2D eigenvalue weighted by molar-refractivity contribution is 5.29. The van der Waals surface area contributed by atoms with E-state index in [0.717, 1.165) is 32.1 Å². The lowest BCUT2D eigenvalue weighted by molar-refractivity contribution is 0.0184. The number of rotatable bonds is 3. The highest BCUT2D eigenvalue weighted by atomic mass is 16.3. The van der Waals surface area contributed by atoms with Crippen LogP contribution in [0.1, 0.15) is 152 Å². The first-order chi connectivity index (χ1) is 16.1. The topological polar surface area (TPSA) is 46.2 Å². The van der Waals surface area contributed by atoms with Crippen LogP contribution in [0.15, 0.2) is 24.3 Å². The van der Waals surface area contributed by atoms with Gasteiger partial charge in [-0.15, -0.1) is 0 Å². The summed E-state index contributed by atoms with van der Waals surface area (Å²) < 4.78 is 0. The molecule has 2 fully saturated rings. The molecule has 0 amide bonds. The molecule has 1 aromatic carbocycles. The molecule has 2 nitrogen and oxygen atoms in total. The van der Waals surface area contributed by atoms with Gasteiger partial charge in [0.1, 0.15) is 0 Å². The van der Waals surface area contributed by atoms with Crippen molar-refractivity contribution in [1.82, 2.24) is 0 Å². The van der Waals surface area contributed by atoms with Crippen molar-refractivity contribution >= 4 is 0 Å². The largest absolute Gasteiger partial charge is 0.390 e. The van der Waals surface area contributed by atoms with E-state index in [9.17, 15) is 5.11 Å². The molecule has 3 rings (SSSR count). The highest BCUT2D eigenvalue weighted by Crippen LogP contribution is 2.33. The van der Waals surface area contributed by atoms with E-state index in [1.165, 1.54) is 127 Å². The lowest BCUT2D eigenvalue weighted by atomic mass is 9.80.